The highest BCUT2D eigenvalue weighted by Crippen LogP contribution is 2.34. The van der Waals surface area contributed by atoms with Crippen LogP contribution in [0.5, 0.6) is 0 Å². The number of amides is 1. The van der Waals surface area contributed by atoms with E-state index in [0.717, 1.165) is 21.2 Å². The van der Waals surface area contributed by atoms with Gasteiger partial charge in [0, 0.05) is 4.88 Å². The molecule has 1 aliphatic carbocycles. The monoisotopic (exact) mass is 389 g/mol. The average Bonchev–Trinajstić information content (AvgIpc) is 3.26. The molecule has 1 heterocycles. The summed E-state index contributed by atoms with van der Waals surface area (Å²) in [7, 11) is 0. The maximum Gasteiger partial charge on any atom is 0.261 e. The lowest BCUT2D eigenvalue weighted by Gasteiger charge is -2.22. The Morgan fingerprint density at radius 3 is 2.36 bits per heavy atom. The normalized spacial score (nSPS) is 15.9. The Labute approximate surface area is 171 Å². The molecule has 1 atom stereocenters. The van der Waals surface area contributed by atoms with Crippen molar-refractivity contribution in [2.24, 2.45) is 0 Å². The number of carbonyl (C=O) groups excluding carboxylic acids is 1. The number of nitrogens with one attached hydrogen (secondary N) is 1. The molecule has 0 bridgehead atoms. The van der Waals surface area contributed by atoms with Crippen LogP contribution in [0.3, 0.4) is 0 Å². The lowest BCUT2D eigenvalue weighted by atomic mass is 9.84. The summed E-state index contributed by atoms with van der Waals surface area (Å²) in [4.78, 5) is 14.5. The Bertz CT molecular complexity index is 907. The molecule has 1 saturated carbocycles. The summed E-state index contributed by atoms with van der Waals surface area (Å²) >= 11 is 1.56. The van der Waals surface area contributed by atoms with Crippen LogP contribution in [-0.2, 0) is 0 Å². The van der Waals surface area contributed by atoms with Gasteiger partial charge in [0.1, 0.15) is 0 Å². The molecule has 0 spiro atoms. The van der Waals surface area contributed by atoms with E-state index in [-0.39, 0.29) is 11.9 Å². The van der Waals surface area contributed by atoms with Crippen molar-refractivity contribution in [2.75, 3.05) is 0 Å². The van der Waals surface area contributed by atoms with Gasteiger partial charge >= 0.3 is 0 Å². The average molecular weight is 390 g/mol. The van der Waals surface area contributed by atoms with Gasteiger partial charge in [0.25, 0.3) is 5.91 Å². The topological polar surface area (TPSA) is 29.1 Å². The number of rotatable bonds is 5. The van der Waals surface area contributed by atoms with Crippen LogP contribution in [0.2, 0.25) is 0 Å². The van der Waals surface area contributed by atoms with Gasteiger partial charge in [0.2, 0.25) is 0 Å². The SMILES string of the molecule is CC(NC(=O)c1ccc(-c2ccc(C3CCCCC3)cc2)s1)c1ccccc1. The summed E-state index contributed by atoms with van der Waals surface area (Å²) in [6.07, 6.45) is 6.75. The highest BCUT2D eigenvalue weighted by atomic mass is 32.1. The van der Waals surface area contributed by atoms with Crippen LogP contribution in [0.4, 0.5) is 0 Å². The van der Waals surface area contributed by atoms with E-state index in [4.69, 9.17) is 0 Å². The molecule has 1 unspecified atom stereocenters. The first kappa shape index (κ1) is 18.9. The first-order chi connectivity index (χ1) is 13.7. The zero-order valence-electron chi connectivity index (χ0n) is 16.4. The molecule has 1 amide bonds. The van der Waals surface area contributed by atoms with E-state index in [1.54, 1.807) is 11.3 Å². The predicted octanol–water partition coefficient (Wildman–Crippen LogP) is 6.95. The van der Waals surface area contributed by atoms with Gasteiger partial charge in [0.15, 0.2) is 0 Å². The first-order valence-electron chi connectivity index (χ1n) is 10.3. The second-order valence-electron chi connectivity index (χ2n) is 7.73. The zero-order valence-corrected chi connectivity index (χ0v) is 17.2. The number of carbonyl (C=O) groups is 1. The second-order valence-corrected chi connectivity index (χ2v) is 8.81. The van der Waals surface area contributed by atoms with Crippen molar-refractivity contribution in [3.05, 3.63) is 82.7 Å². The van der Waals surface area contributed by atoms with Crippen LogP contribution in [0.1, 0.15) is 71.8 Å². The minimum absolute atomic E-state index is 0.00553. The molecule has 1 aromatic heterocycles. The standard InChI is InChI=1S/C25H27NOS/c1-18(19-8-4-2-5-9-19)26-25(27)24-17-16-23(28-24)22-14-12-21(13-15-22)20-10-6-3-7-11-20/h2,4-5,8-9,12-18,20H,3,6-7,10-11H2,1H3,(H,26,27). The fourth-order valence-corrected chi connectivity index (χ4v) is 4.98. The number of thiophene rings is 1. The van der Waals surface area contributed by atoms with Crippen molar-refractivity contribution in [1.82, 2.24) is 5.32 Å². The summed E-state index contributed by atoms with van der Waals surface area (Å²) in [6.45, 7) is 2.02. The Kier molecular flexibility index (Phi) is 5.92. The number of hydrogen-bond acceptors (Lipinski definition) is 2. The van der Waals surface area contributed by atoms with Gasteiger partial charge < -0.3 is 5.32 Å². The van der Waals surface area contributed by atoms with Gasteiger partial charge in [-0.05, 0) is 54.5 Å². The maximum atomic E-state index is 12.6. The molecule has 1 N–H and O–H groups in total. The zero-order chi connectivity index (χ0) is 19.3. The molecule has 3 heteroatoms. The Morgan fingerprint density at radius 1 is 0.929 bits per heavy atom. The number of benzene rings is 2. The third-order valence-electron chi connectivity index (χ3n) is 5.75. The molecule has 0 saturated heterocycles. The molecule has 3 aromatic rings. The van der Waals surface area contributed by atoms with Crippen molar-refractivity contribution >= 4 is 17.2 Å². The minimum atomic E-state index is -0.00794. The minimum Gasteiger partial charge on any atom is -0.345 e. The van der Waals surface area contributed by atoms with E-state index in [2.05, 4.69) is 35.6 Å². The van der Waals surface area contributed by atoms with Gasteiger partial charge in [-0.3, -0.25) is 4.79 Å². The van der Waals surface area contributed by atoms with Gasteiger partial charge in [-0.25, -0.2) is 0 Å². The van der Waals surface area contributed by atoms with Crippen LogP contribution in [-0.4, -0.2) is 5.91 Å². The molecule has 1 fully saturated rings. The second kappa shape index (κ2) is 8.74. The quantitative estimate of drug-likeness (QED) is 0.502. The molecule has 1 aliphatic rings. The molecular formula is C25H27NOS. The van der Waals surface area contributed by atoms with E-state index in [1.165, 1.54) is 43.2 Å². The summed E-state index contributed by atoms with van der Waals surface area (Å²) in [5.74, 6) is 0.721. The smallest absolute Gasteiger partial charge is 0.261 e. The Balaban J connectivity index is 1.43. The van der Waals surface area contributed by atoms with E-state index >= 15 is 0 Å². The Hall–Kier alpha value is -2.39. The lowest BCUT2D eigenvalue weighted by Crippen LogP contribution is -2.25. The molecular weight excluding hydrogens is 362 g/mol. The van der Waals surface area contributed by atoms with E-state index in [9.17, 15) is 4.79 Å². The third kappa shape index (κ3) is 4.36. The van der Waals surface area contributed by atoms with Gasteiger partial charge in [-0.1, -0.05) is 73.9 Å². The molecule has 0 radical (unpaired) electrons. The van der Waals surface area contributed by atoms with Crippen LogP contribution in [0.25, 0.3) is 10.4 Å². The van der Waals surface area contributed by atoms with Gasteiger partial charge in [-0.2, -0.15) is 0 Å². The fourth-order valence-electron chi connectivity index (χ4n) is 4.06. The highest BCUT2D eigenvalue weighted by molar-refractivity contribution is 7.17. The van der Waals surface area contributed by atoms with E-state index < -0.39 is 0 Å². The van der Waals surface area contributed by atoms with Crippen molar-refractivity contribution in [3.8, 4) is 10.4 Å². The Morgan fingerprint density at radius 2 is 1.64 bits per heavy atom. The molecule has 2 nitrogen and oxygen atoms in total. The largest absolute Gasteiger partial charge is 0.345 e. The maximum absolute atomic E-state index is 12.6. The van der Waals surface area contributed by atoms with Crippen molar-refractivity contribution < 1.29 is 4.79 Å². The van der Waals surface area contributed by atoms with E-state index in [0.29, 0.717) is 0 Å². The summed E-state index contributed by atoms with van der Waals surface area (Å²) in [6, 6.07) is 23.0. The van der Waals surface area contributed by atoms with Crippen LogP contribution in [0.15, 0.2) is 66.7 Å². The van der Waals surface area contributed by atoms with Gasteiger partial charge in [-0.15, -0.1) is 11.3 Å². The van der Waals surface area contributed by atoms with Crippen molar-refractivity contribution in [3.63, 3.8) is 0 Å². The van der Waals surface area contributed by atoms with Crippen molar-refractivity contribution in [2.45, 2.75) is 51.0 Å². The lowest BCUT2D eigenvalue weighted by molar-refractivity contribution is 0.0944. The fraction of sp³-hybridized carbons (Fsp3) is 0.320. The molecule has 0 aliphatic heterocycles. The molecule has 2 aromatic carbocycles. The number of hydrogen-bond donors (Lipinski definition) is 1. The van der Waals surface area contributed by atoms with Gasteiger partial charge in [0.05, 0.1) is 10.9 Å². The first-order valence-corrected chi connectivity index (χ1v) is 11.1. The molecule has 28 heavy (non-hydrogen) atoms. The van der Waals surface area contributed by atoms with Crippen LogP contribution >= 0.6 is 11.3 Å². The highest BCUT2D eigenvalue weighted by Gasteiger charge is 2.16. The van der Waals surface area contributed by atoms with E-state index in [1.807, 2.05) is 43.3 Å². The summed E-state index contributed by atoms with van der Waals surface area (Å²) < 4.78 is 0. The predicted molar refractivity (Wildman–Crippen MR) is 118 cm³/mol. The van der Waals surface area contributed by atoms with Crippen LogP contribution < -0.4 is 5.32 Å². The third-order valence-corrected chi connectivity index (χ3v) is 6.88. The summed E-state index contributed by atoms with van der Waals surface area (Å²) in [5, 5.41) is 3.10. The van der Waals surface area contributed by atoms with Crippen molar-refractivity contribution in [1.29, 1.82) is 0 Å². The molecule has 4 rings (SSSR count). The van der Waals surface area contributed by atoms with Crippen LogP contribution in [0, 0.1) is 0 Å². The summed E-state index contributed by atoms with van der Waals surface area (Å²) in [5.41, 5.74) is 3.78. The molecule has 144 valence electrons.